The number of hydrogen-bond acceptors (Lipinski definition) is 6. The number of hydrogen-bond donors (Lipinski definition) is 1. The zero-order valence-corrected chi connectivity index (χ0v) is 16.9. The maximum atomic E-state index is 5.40. The number of nitrogens with one attached hydrogen (secondary N) is 1. The maximum Gasteiger partial charge on any atom is 0.212 e. The van der Waals surface area contributed by atoms with Crippen molar-refractivity contribution in [1.82, 2.24) is 9.97 Å². The highest BCUT2D eigenvalue weighted by atomic mass is 16.5. The predicted molar refractivity (Wildman–Crippen MR) is 113 cm³/mol. The molecule has 1 fully saturated rings. The molecule has 1 aromatic carbocycles. The first-order chi connectivity index (χ1) is 14.2. The second-order valence-electron chi connectivity index (χ2n) is 7.22. The van der Waals surface area contributed by atoms with E-state index in [1.807, 2.05) is 36.5 Å². The predicted octanol–water partition coefficient (Wildman–Crippen LogP) is 4.31. The monoisotopic (exact) mass is 391 g/mol. The van der Waals surface area contributed by atoms with Crippen molar-refractivity contribution >= 4 is 5.69 Å². The first-order valence-corrected chi connectivity index (χ1v) is 9.60. The van der Waals surface area contributed by atoms with Crippen LogP contribution in [0.15, 0.2) is 54.9 Å². The van der Waals surface area contributed by atoms with Crippen molar-refractivity contribution < 1.29 is 14.2 Å². The van der Waals surface area contributed by atoms with E-state index in [-0.39, 0.29) is 5.41 Å². The van der Waals surface area contributed by atoms with Crippen LogP contribution in [0.1, 0.15) is 18.4 Å². The molecule has 1 N–H and O–H groups in total. The third-order valence-corrected chi connectivity index (χ3v) is 5.48. The van der Waals surface area contributed by atoms with Gasteiger partial charge in [0, 0.05) is 47.7 Å². The van der Waals surface area contributed by atoms with E-state index in [2.05, 4.69) is 27.4 Å². The van der Waals surface area contributed by atoms with Crippen molar-refractivity contribution in [3.63, 3.8) is 0 Å². The topological polar surface area (TPSA) is 65.5 Å². The molecule has 0 aliphatic heterocycles. The summed E-state index contributed by atoms with van der Waals surface area (Å²) in [5, 5.41) is 3.56. The van der Waals surface area contributed by atoms with Crippen LogP contribution in [-0.2, 0) is 5.41 Å². The highest BCUT2D eigenvalue weighted by Gasteiger charge is 2.44. The summed E-state index contributed by atoms with van der Waals surface area (Å²) in [6.45, 7) is 0.854. The van der Waals surface area contributed by atoms with Crippen molar-refractivity contribution in [2.75, 3.05) is 33.2 Å². The number of anilines is 1. The summed E-state index contributed by atoms with van der Waals surface area (Å²) in [6, 6.07) is 14.0. The second kappa shape index (κ2) is 7.99. The lowest BCUT2D eigenvalue weighted by Crippen LogP contribution is -2.19. The Bertz CT molecular complexity index is 985. The molecule has 3 aromatic rings. The van der Waals surface area contributed by atoms with Crippen LogP contribution < -0.4 is 19.5 Å². The summed E-state index contributed by atoms with van der Waals surface area (Å²) in [4.78, 5) is 8.83. The van der Waals surface area contributed by atoms with Gasteiger partial charge in [0.2, 0.25) is 5.88 Å². The average molecular weight is 391 g/mol. The van der Waals surface area contributed by atoms with Crippen molar-refractivity contribution in [3.8, 4) is 28.6 Å². The number of nitrogens with zero attached hydrogens (tertiary/aromatic N) is 2. The minimum Gasteiger partial charge on any atom is -0.493 e. The lowest BCUT2D eigenvalue weighted by atomic mass is 9.95. The van der Waals surface area contributed by atoms with E-state index < -0.39 is 0 Å². The highest BCUT2D eigenvalue weighted by Crippen LogP contribution is 2.48. The van der Waals surface area contributed by atoms with Gasteiger partial charge in [-0.3, -0.25) is 4.98 Å². The third-order valence-electron chi connectivity index (χ3n) is 5.48. The summed E-state index contributed by atoms with van der Waals surface area (Å²) < 4.78 is 15.9. The molecule has 0 bridgehead atoms. The number of ether oxygens (including phenoxy) is 3. The van der Waals surface area contributed by atoms with Crippen molar-refractivity contribution in [3.05, 3.63) is 60.4 Å². The maximum absolute atomic E-state index is 5.40. The molecule has 2 aromatic heterocycles. The minimum absolute atomic E-state index is 0.130. The Hall–Kier alpha value is -3.28. The van der Waals surface area contributed by atoms with Gasteiger partial charge in [0.25, 0.3) is 0 Å². The van der Waals surface area contributed by atoms with E-state index >= 15 is 0 Å². The summed E-state index contributed by atoms with van der Waals surface area (Å²) in [7, 11) is 4.91. The normalized spacial score (nSPS) is 14.2. The van der Waals surface area contributed by atoms with E-state index in [0.717, 1.165) is 47.8 Å². The molecule has 4 rings (SSSR count). The molecule has 6 nitrogen and oxygen atoms in total. The summed E-state index contributed by atoms with van der Waals surface area (Å²) in [5.74, 6) is 2.05. The zero-order valence-electron chi connectivity index (χ0n) is 16.9. The Morgan fingerprint density at radius 1 is 0.897 bits per heavy atom. The summed E-state index contributed by atoms with van der Waals surface area (Å²) in [6.07, 6.45) is 5.98. The Kier molecular flexibility index (Phi) is 5.25. The van der Waals surface area contributed by atoms with E-state index in [0.29, 0.717) is 5.88 Å². The molecule has 6 heteroatoms. The van der Waals surface area contributed by atoms with Crippen molar-refractivity contribution in [1.29, 1.82) is 0 Å². The molecule has 1 aliphatic carbocycles. The molecule has 0 amide bonds. The van der Waals surface area contributed by atoms with Gasteiger partial charge in [0.05, 0.1) is 27.0 Å². The number of aromatic nitrogens is 2. The van der Waals surface area contributed by atoms with Gasteiger partial charge < -0.3 is 19.5 Å². The zero-order chi connectivity index (χ0) is 20.3. The fourth-order valence-electron chi connectivity index (χ4n) is 3.51. The van der Waals surface area contributed by atoms with Gasteiger partial charge in [0.15, 0.2) is 11.5 Å². The molecule has 0 radical (unpaired) electrons. The minimum atomic E-state index is 0.130. The first kappa shape index (κ1) is 19.1. The van der Waals surface area contributed by atoms with Gasteiger partial charge in [-0.2, -0.15) is 0 Å². The average Bonchev–Trinajstić information content (AvgIpc) is 3.59. The van der Waals surface area contributed by atoms with Gasteiger partial charge in [-0.1, -0.05) is 0 Å². The van der Waals surface area contributed by atoms with Gasteiger partial charge in [-0.15, -0.1) is 0 Å². The van der Waals surface area contributed by atoms with E-state index in [1.165, 1.54) is 5.56 Å². The Morgan fingerprint density at radius 2 is 1.72 bits per heavy atom. The Balaban J connectivity index is 1.51. The Morgan fingerprint density at radius 3 is 2.38 bits per heavy atom. The van der Waals surface area contributed by atoms with Gasteiger partial charge in [-0.05, 0) is 48.7 Å². The molecule has 150 valence electrons. The van der Waals surface area contributed by atoms with Crippen LogP contribution in [0.5, 0.6) is 17.4 Å². The molecular formula is C23H25N3O3. The molecule has 0 unspecified atom stereocenters. The summed E-state index contributed by atoms with van der Waals surface area (Å²) >= 11 is 0. The molecule has 0 saturated heterocycles. The van der Waals surface area contributed by atoms with Gasteiger partial charge >= 0.3 is 0 Å². The highest BCUT2D eigenvalue weighted by molar-refractivity contribution is 5.60. The van der Waals surface area contributed by atoms with Crippen LogP contribution in [0.2, 0.25) is 0 Å². The molecule has 1 saturated carbocycles. The van der Waals surface area contributed by atoms with Gasteiger partial charge in [0.1, 0.15) is 0 Å². The number of benzene rings is 1. The van der Waals surface area contributed by atoms with Crippen LogP contribution in [0, 0.1) is 0 Å². The SMILES string of the molecule is COc1ccc(-c2cc(C3(CNc4ccc(OC)c(OC)c4)CC3)ccn2)cn1. The third kappa shape index (κ3) is 3.97. The molecular weight excluding hydrogens is 366 g/mol. The largest absolute Gasteiger partial charge is 0.493 e. The van der Waals surface area contributed by atoms with E-state index in [1.54, 1.807) is 27.5 Å². The quantitative estimate of drug-likeness (QED) is 0.617. The van der Waals surface area contributed by atoms with Crippen LogP contribution >= 0.6 is 0 Å². The number of methoxy groups -OCH3 is 3. The summed E-state index contributed by atoms with van der Waals surface area (Å²) in [5.41, 5.74) is 4.35. The van der Waals surface area contributed by atoms with Gasteiger partial charge in [-0.25, -0.2) is 4.98 Å². The molecule has 29 heavy (non-hydrogen) atoms. The van der Waals surface area contributed by atoms with Crippen molar-refractivity contribution in [2.45, 2.75) is 18.3 Å². The van der Waals surface area contributed by atoms with Crippen LogP contribution in [0.25, 0.3) is 11.3 Å². The molecule has 0 atom stereocenters. The number of pyridine rings is 2. The smallest absolute Gasteiger partial charge is 0.212 e. The number of rotatable bonds is 8. The Labute approximate surface area is 170 Å². The molecule has 0 spiro atoms. The standard InChI is InChI=1S/C23H25N3O3/c1-27-20-6-5-18(13-21(20)28-2)26-15-23(9-10-23)17-8-11-24-19(12-17)16-4-7-22(29-3)25-14-16/h4-8,11-14,26H,9-10,15H2,1-3H3. The van der Waals surface area contributed by atoms with E-state index in [9.17, 15) is 0 Å². The lowest BCUT2D eigenvalue weighted by Gasteiger charge is -2.19. The first-order valence-electron chi connectivity index (χ1n) is 9.60. The molecule has 2 heterocycles. The lowest BCUT2D eigenvalue weighted by molar-refractivity contribution is 0.355. The van der Waals surface area contributed by atoms with E-state index in [4.69, 9.17) is 14.2 Å². The molecule has 1 aliphatic rings. The van der Waals surface area contributed by atoms with Crippen LogP contribution in [0.4, 0.5) is 5.69 Å². The fourth-order valence-corrected chi connectivity index (χ4v) is 3.51. The van der Waals surface area contributed by atoms with Crippen molar-refractivity contribution in [2.24, 2.45) is 0 Å². The van der Waals surface area contributed by atoms with Crippen LogP contribution in [-0.4, -0.2) is 37.8 Å². The second-order valence-corrected chi connectivity index (χ2v) is 7.22. The van der Waals surface area contributed by atoms with Crippen LogP contribution in [0.3, 0.4) is 0 Å². The fraction of sp³-hybridized carbons (Fsp3) is 0.304.